The summed E-state index contributed by atoms with van der Waals surface area (Å²) in [6, 6.07) is 35.7. The van der Waals surface area contributed by atoms with Crippen molar-refractivity contribution in [3.8, 4) is 11.5 Å². The molecular weight excluding hydrogens is 1340 g/mol. The highest BCUT2D eigenvalue weighted by atomic mass is 16.5. The van der Waals surface area contributed by atoms with E-state index in [0.717, 1.165) is 30.7 Å². The van der Waals surface area contributed by atoms with E-state index in [2.05, 4.69) is 41.9 Å². The monoisotopic (exact) mass is 1430 g/mol. The Hall–Kier alpha value is -11.8. The maximum absolute atomic E-state index is 15.3. The second-order valence-electron chi connectivity index (χ2n) is 26.7. The van der Waals surface area contributed by atoms with Crippen molar-refractivity contribution in [2.45, 2.75) is 102 Å². The molecule has 5 aromatic carbocycles. The lowest BCUT2D eigenvalue weighted by Gasteiger charge is -2.37. The van der Waals surface area contributed by atoms with Gasteiger partial charge in [-0.2, -0.15) is 0 Å². The molecule has 3 fully saturated rings. The second kappa shape index (κ2) is 35.4. The Morgan fingerprint density at radius 1 is 0.476 bits per heavy atom. The van der Waals surface area contributed by atoms with Crippen LogP contribution in [0.2, 0.25) is 0 Å². The number of aromatic nitrogens is 2. The maximum atomic E-state index is 15.3. The first kappa shape index (κ1) is 75.8. The smallest absolute Gasteiger partial charge is 0.274 e. The van der Waals surface area contributed by atoms with Crippen molar-refractivity contribution in [3.05, 3.63) is 180 Å². The molecule has 0 unspecified atom stereocenters. The Morgan fingerprint density at radius 3 is 1.31 bits per heavy atom. The minimum Gasteiger partial charge on any atom is -0.486 e. The second-order valence-corrected chi connectivity index (χ2v) is 26.7. The van der Waals surface area contributed by atoms with Crippen LogP contribution in [-0.2, 0) is 61.2 Å². The maximum Gasteiger partial charge on any atom is 0.274 e. The molecule has 3 aliphatic heterocycles. The van der Waals surface area contributed by atoms with Crippen LogP contribution in [0.25, 0.3) is 21.8 Å². The fourth-order valence-electron chi connectivity index (χ4n) is 13.1. The summed E-state index contributed by atoms with van der Waals surface area (Å²) in [7, 11) is 5.38. The van der Waals surface area contributed by atoms with Crippen LogP contribution in [-0.4, -0.2) is 221 Å². The third kappa shape index (κ3) is 19.1. The summed E-state index contributed by atoms with van der Waals surface area (Å²) in [4.78, 5) is 192. The van der Waals surface area contributed by atoms with Crippen molar-refractivity contribution in [2.24, 2.45) is 5.92 Å². The number of carbonyl (C=O) groups excluding carboxylic acids is 12. The molecule has 5 heterocycles. The van der Waals surface area contributed by atoms with Crippen molar-refractivity contribution >= 4 is 92.7 Å². The number of nitrogens with zero attached hydrogens (tertiary/aromatic N) is 8. The number of fused-ring (bicyclic) bond motifs is 4. The van der Waals surface area contributed by atoms with Crippen LogP contribution in [0.3, 0.4) is 0 Å². The molecule has 6 N–H and O–H groups in total. The number of likely N-dealkylation sites (N-methyl/N-ethyl adjacent to an activating group) is 4. The number of carbonyl (C=O) groups is 12. The molecule has 3 aliphatic rings. The van der Waals surface area contributed by atoms with Gasteiger partial charge < -0.3 is 70.8 Å². The lowest BCUT2D eigenvalue weighted by molar-refractivity contribution is -0.146. The van der Waals surface area contributed by atoms with E-state index in [4.69, 9.17) is 9.47 Å². The first-order valence-corrected chi connectivity index (χ1v) is 35.1. The van der Waals surface area contributed by atoms with Gasteiger partial charge in [-0.25, -0.2) is 9.97 Å². The van der Waals surface area contributed by atoms with Crippen molar-refractivity contribution in [1.29, 1.82) is 0 Å². The molecule has 0 saturated carbocycles. The van der Waals surface area contributed by atoms with E-state index in [9.17, 15) is 47.9 Å². The van der Waals surface area contributed by atoms with E-state index in [1.54, 1.807) is 105 Å². The minimum absolute atomic E-state index is 0.00917. The third-order valence-electron chi connectivity index (χ3n) is 18.9. The molecule has 10 rings (SSSR count). The largest absolute Gasteiger partial charge is 0.486 e. The Labute approximate surface area is 607 Å². The van der Waals surface area contributed by atoms with Gasteiger partial charge in [0.05, 0.1) is 37.2 Å². The summed E-state index contributed by atoms with van der Waals surface area (Å²) in [5, 5.41) is 17.7. The Morgan fingerprint density at radius 2 is 0.876 bits per heavy atom. The number of nitrogens with one attached hydrogen (secondary N) is 6. The van der Waals surface area contributed by atoms with Gasteiger partial charge in [-0.05, 0) is 85.4 Å². The van der Waals surface area contributed by atoms with E-state index < -0.39 is 152 Å². The van der Waals surface area contributed by atoms with Crippen LogP contribution in [0.4, 0.5) is 0 Å². The fourth-order valence-corrected chi connectivity index (χ4v) is 13.1. The number of rotatable bonds is 12. The quantitative estimate of drug-likeness (QED) is 0.102. The van der Waals surface area contributed by atoms with E-state index in [-0.39, 0.29) is 62.0 Å². The van der Waals surface area contributed by atoms with Crippen LogP contribution in [0.1, 0.15) is 96.1 Å². The topological polar surface area (TPSA) is 341 Å². The van der Waals surface area contributed by atoms with Gasteiger partial charge >= 0.3 is 0 Å². The zero-order chi connectivity index (χ0) is 74.8. The van der Waals surface area contributed by atoms with Gasteiger partial charge in [-0.3, -0.25) is 57.5 Å². The normalized spacial score (nSPS) is 20.9. The van der Waals surface area contributed by atoms with E-state index in [1.807, 2.05) is 60.7 Å². The van der Waals surface area contributed by atoms with Crippen molar-refractivity contribution in [2.75, 3.05) is 80.5 Å². The summed E-state index contributed by atoms with van der Waals surface area (Å²) in [6.45, 7) is -0.172. The van der Waals surface area contributed by atoms with Crippen LogP contribution in [0, 0.1) is 5.92 Å². The molecule has 28 nitrogen and oxygen atoms in total. The van der Waals surface area contributed by atoms with Gasteiger partial charge in [-0.15, -0.1) is 0 Å². The summed E-state index contributed by atoms with van der Waals surface area (Å²) >= 11 is 0. The first-order valence-electron chi connectivity index (χ1n) is 35.1. The van der Waals surface area contributed by atoms with E-state index in [0.29, 0.717) is 53.1 Å². The standard InChI is InChI=1S/C77H88N14O14/c1-48(2)68-74(100)78-40-56(84-72(98)66-60(104-46-49-24-10-7-11-25-49)38-52-30-16-18-32-54(52)82-66)76(102)90-36-22-20-34-58(90)70(96)81-43-63(93)87(4)45-65(95)89(6)69(51-28-14-9-15-29-51)75(101)79-41-57(77(103)91-37-23-21-35-59(91)71(97)80-42-62(92)86(3)44-64(94)88(68)5)85-73(99)67-61(105-47-50-26-12-8-13-27-50)39-53-31-17-19-33-55(53)83-67/h7-19,24-33,38-39,48,56-59,68-69H,20-23,34-37,40-47H2,1-6H3,(H,78,100)(H,79,101)(H,80,97)(H,81,96)(H,84,98)(H,85,99)/t56-,57-,58+,59+,68+,69+/m1/s1. The van der Waals surface area contributed by atoms with Gasteiger partial charge in [0.15, 0.2) is 22.9 Å². The lowest BCUT2D eigenvalue weighted by Crippen LogP contribution is -2.61. The van der Waals surface area contributed by atoms with Crippen LogP contribution < -0.4 is 41.4 Å². The molecule has 6 atom stereocenters. The summed E-state index contributed by atoms with van der Waals surface area (Å²) < 4.78 is 12.5. The molecular formula is C77H88N14O14. The number of ether oxygens (including phenoxy) is 2. The molecule has 12 amide bonds. The van der Waals surface area contributed by atoms with Crippen LogP contribution in [0.5, 0.6) is 11.5 Å². The molecule has 3 saturated heterocycles. The Balaban J connectivity index is 0.943. The van der Waals surface area contributed by atoms with Crippen molar-refractivity contribution in [3.63, 3.8) is 0 Å². The molecule has 0 spiro atoms. The van der Waals surface area contributed by atoms with Gasteiger partial charge in [0.2, 0.25) is 59.1 Å². The highest BCUT2D eigenvalue weighted by Gasteiger charge is 2.41. The third-order valence-corrected chi connectivity index (χ3v) is 18.9. The van der Waals surface area contributed by atoms with Gasteiger partial charge in [0.25, 0.3) is 11.8 Å². The van der Waals surface area contributed by atoms with Gasteiger partial charge in [0.1, 0.15) is 49.5 Å². The molecule has 0 radical (unpaired) electrons. The number of pyridine rings is 2. The highest BCUT2D eigenvalue weighted by molar-refractivity contribution is 6.03. The number of piperidine rings is 2. The van der Waals surface area contributed by atoms with E-state index in [1.165, 1.54) is 38.0 Å². The average molecular weight is 1430 g/mol. The lowest BCUT2D eigenvalue weighted by atomic mass is 9.99. The average Bonchev–Trinajstić information content (AvgIpc) is 0.802. The Kier molecular flexibility index (Phi) is 25.5. The number of benzene rings is 5. The minimum atomic E-state index is -1.62. The molecule has 2 aromatic heterocycles. The molecule has 0 aliphatic carbocycles. The first-order chi connectivity index (χ1) is 50.5. The SMILES string of the molecule is CC(C)[C@H]1C(=O)NC[C@@H](NC(=O)c2nc3ccccc3cc2OCc2ccccc2)C(=O)N2CCCC[C@H]2C(=O)NCC(=O)N(C)CC(=O)N(C)[C@@H](c2ccccc2)C(=O)NC[C@@H](NC(=O)c2nc3ccccc3cc2OCc2ccccc2)C(=O)N2CCCC[C@H]2C(=O)NCC(=O)N(C)CC(=O)N1C. The summed E-state index contributed by atoms with van der Waals surface area (Å²) in [6.07, 6.45) is 2.07. The summed E-state index contributed by atoms with van der Waals surface area (Å²) in [5.74, 6) is -9.66. The van der Waals surface area contributed by atoms with Crippen LogP contribution >= 0.6 is 0 Å². The fraction of sp³-hybridized carbons (Fsp3) is 0.377. The van der Waals surface area contributed by atoms with Crippen molar-refractivity contribution in [1.82, 2.24) is 71.3 Å². The molecule has 550 valence electrons. The molecule has 7 aromatic rings. The number of para-hydroxylation sites is 2. The molecule has 105 heavy (non-hydrogen) atoms. The molecule has 0 bridgehead atoms. The predicted octanol–water partition coefficient (Wildman–Crippen LogP) is 3.68. The number of amides is 12. The molecule has 28 heteroatoms. The zero-order valence-corrected chi connectivity index (χ0v) is 59.6. The highest BCUT2D eigenvalue weighted by Crippen LogP contribution is 2.29. The van der Waals surface area contributed by atoms with E-state index >= 15 is 9.59 Å². The zero-order valence-electron chi connectivity index (χ0n) is 59.6. The van der Waals surface area contributed by atoms with Gasteiger partial charge in [0, 0.05) is 65.1 Å². The number of hydrogen-bond acceptors (Lipinski definition) is 16. The number of hydrogen-bond donors (Lipinski definition) is 6. The summed E-state index contributed by atoms with van der Waals surface area (Å²) in [5.41, 5.74) is 2.35. The Bertz CT molecular complexity index is 4360. The predicted molar refractivity (Wildman–Crippen MR) is 387 cm³/mol. The van der Waals surface area contributed by atoms with Gasteiger partial charge in [-0.1, -0.05) is 141 Å². The van der Waals surface area contributed by atoms with Crippen LogP contribution in [0.15, 0.2) is 152 Å². The van der Waals surface area contributed by atoms with Crippen molar-refractivity contribution < 1.29 is 67.0 Å².